The summed E-state index contributed by atoms with van der Waals surface area (Å²) in [4.78, 5) is 0. The molecular formula is C13H9BrCl2FN. The van der Waals surface area contributed by atoms with E-state index in [1.54, 1.807) is 24.3 Å². The number of halogens is 4. The molecule has 2 rings (SSSR count). The molecule has 1 nitrogen and oxygen atoms in total. The molecule has 0 amide bonds. The Hall–Kier alpha value is -0.770. The molecule has 0 aliphatic rings. The minimum absolute atomic E-state index is 0.131. The molecule has 18 heavy (non-hydrogen) atoms. The molecule has 1 N–H and O–H groups in total. The molecular weight excluding hydrogens is 340 g/mol. The van der Waals surface area contributed by atoms with Crippen LogP contribution in [0.3, 0.4) is 0 Å². The Morgan fingerprint density at radius 3 is 2.56 bits per heavy atom. The van der Waals surface area contributed by atoms with Gasteiger partial charge in [0.05, 0.1) is 5.02 Å². The predicted octanol–water partition coefficient (Wildman–Crippen LogP) is 5.51. The highest BCUT2D eigenvalue weighted by Gasteiger charge is 2.03. The van der Waals surface area contributed by atoms with E-state index in [-0.39, 0.29) is 5.02 Å². The van der Waals surface area contributed by atoms with Crippen LogP contribution in [0.4, 0.5) is 10.1 Å². The van der Waals surface area contributed by atoms with Crippen LogP contribution in [0.2, 0.25) is 10.0 Å². The molecule has 2 aromatic carbocycles. The number of hydrogen-bond acceptors (Lipinski definition) is 1. The van der Waals surface area contributed by atoms with Crippen molar-refractivity contribution >= 4 is 44.8 Å². The molecule has 0 saturated heterocycles. The van der Waals surface area contributed by atoms with E-state index in [4.69, 9.17) is 23.2 Å². The van der Waals surface area contributed by atoms with Gasteiger partial charge >= 0.3 is 0 Å². The first-order valence-corrected chi connectivity index (χ1v) is 6.74. The molecule has 0 unspecified atom stereocenters. The lowest BCUT2D eigenvalue weighted by molar-refractivity contribution is 0.626. The van der Waals surface area contributed by atoms with E-state index in [1.165, 1.54) is 6.07 Å². The highest BCUT2D eigenvalue weighted by atomic mass is 79.9. The summed E-state index contributed by atoms with van der Waals surface area (Å²) in [7, 11) is 0. The van der Waals surface area contributed by atoms with Crippen LogP contribution >= 0.6 is 39.1 Å². The van der Waals surface area contributed by atoms with Crippen molar-refractivity contribution in [3.8, 4) is 0 Å². The lowest BCUT2D eigenvalue weighted by atomic mass is 10.2. The highest BCUT2D eigenvalue weighted by Crippen LogP contribution is 2.26. The Labute approximate surface area is 123 Å². The quantitative estimate of drug-likeness (QED) is 0.771. The minimum Gasteiger partial charge on any atom is -0.380 e. The molecule has 0 aliphatic carbocycles. The van der Waals surface area contributed by atoms with Crippen LogP contribution in [-0.2, 0) is 6.54 Å². The van der Waals surface area contributed by atoms with E-state index in [2.05, 4.69) is 21.2 Å². The van der Waals surface area contributed by atoms with Gasteiger partial charge in [0.2, 0.25) is 0 Å². The smallest absolute Gasteiger partial charge is 0.142 e. The standard InChI is InChI=1S/C13H9BrCl2FN/c14-10-6-9(15)2-4-13(10)18-7-8-1-3-11(16)12(17)5-8/h1-6,18H,7H2. The minimum atomic E-state index is -0.411. The number of benzene rings is 2. The molecule has 0 spiro atoms. The van der Waals surface area contributed by atoms with E-state index >= 15 is 0 Å². The number of nitrogens with one attached hydrogen (secondary N) is 1. The Kier molecular flexibility index (Phi) is 4.49. The Morgan fingerprint density at radius 1 is 1.11 bits per heavy atom. The summed E-state index contributed by atoms with van der Waals surface area (Å²) in [6.07, 6.45) is 0. The summed E-state index contributed by atoms with van der Waals surface area (Å²) in [6, 6.07) is 10.2. The second-order valence-electron chi connectivity index (χ2n) is 3.73. The van der Waals surface area contributed by atoms with Crippen LogP contribution < -0.4 is 5.32 Å². The average Bonchev–Trinajstić information content (AvgIpc) is 2.32. The summed E-state index contributed by atoms with van der Waals surface area (Å²) in [6.45, 7) is 0.508. The van der Waals surface area contributed by atoms with Crippen LogP contribution in [0.15, 0.2) is 40.9 Å². The molecule has 0 aliphatic heterocycles. The zero-order valence-corrected chi connectivity index (χ0v) is 12.3. The zero-order valence-electron chi connectivity index (χ0n) is 9.18. The number of rotatable bonds is 3. The van der Waals surface area contributed by atoms with E-state index in [0.29, 0.717) is 11.6 Å². The third-order valence-electron chi connectivity index (χ3n) is 2.40. The summed E-state index contributed by atoms with van der Waals surface area (Å²) >= 11 is 14.9. The maximum Gasteiger partial charge on any atom is 0.142 e. The van der Waals surface area contributed by atoms with Crippen LogP contribution in [-0.4, -0.2) is 0 Å². The van der Waals surface area contributed by atoms with Gasteiger partial charge in [0.1, 0.15) is 5.82 Å². The van der Waals surface area contributed by atoms with Crippen molar-refractivity contribution in [1.29, 1.82) is 0 Å². The monoisotopic (exact) mass is 347 g/mol. The SMILES string of the molecule is Fc1cc(CNc2ccc(Cl)cc2Br)ccc1Cl. The molecule has 5 heteroatoms. The van der Waals surface area contributed by atoms with Crippen LogP contribution in [0, 0.1) is 5.82 Å². The van der Waals surface area contributed by atoms with Gasteiger partial charge in [0.25, 0.3) is 0 Å². The van der Waals surface area contributed by atoms with Gasteiger partial charge in [-0.1, -0.05) is 29.3 Å². The van der Waals surface area contributed by atoms with Gasteiger partial charge in [-0.05, 0) is 51.8 Å². The molecule has 0 saturated carbocycles. The van der Waals surface area contributed by atoms with Crippen LogP contribution in [0.25, 0.3) is 0 Å². The van der Waals surface area contributed by atoms with E-state index in [9.17, 15) is 4.39 Å². The van der Waals surface area contributed by atoms with Gasteiger partial charge in [-0.2, -0.15) is 0 Å². The third kappa shape index (κ3) is 3.37. The molecule has 0 bridgehead atoms. The fraction of sp³-hybridized carbons (Fsp3) is 0.0769. The van der Waals surface area contributed by atoms with Gasteiger partial charge < -0.3 is 5.32 Å². The molecule has 0 aromatic heterocycles. The van der Waals surface area contributed by atoms with Crippen molar-refractivity contribution in [3.05, 3.63) is 62.3 Å². The van der Waals surface area contributed by atoms with Crippen molar-refractivity contribution in [3.63, 3.8) is 0 Å². The van der Waals surface area contributed by atoms with Gasteiger partial charge in [0.15, 0.2) is 0 Å². The highest BCUT2D eigenvalue weighted by molar-refractivity contribution is 9.10. The van der Waals surface area contributed by atoms with E-state index < -0.39 is 5.82 Å². The summed E-state index contributed by atoms with van der Waals surface area (Å²) in [5.41, 5.74) is 1.72. The number of hydrogen-bond donors (Lipinski definition) is 1. The van der Waals surface area contributed by atoms with Gasteiger partial charge in [-0.25, -0.2) is 4.39 Å². The topological polar surface area (TPSA) is 12.0 Å². The van der Waals surface area contributed by atoms with Crippen LogP contribution in [0.5, 0.6) is 0 Å². The number of anilines is 1. The Morgan fingerprint density at radius 2 is 1.89 bits per heavy atom. The van der Waals surface area contributed by atoms with E-state index in [0.717, 1.165) is 15.7 Å². The molecule has 2 aromatic rings. The van der Waals surface area contributed by atoms with Gasteiger partial charge in [-0.15, -0.1) is 0 Å². The first-order chi connectivity index (χ1) is 8.56. The van der Waals surface area contributed by atoms with Crippen molar-refractivity contribution in [2.75, 3.05) is 5.32 Å². The third-order valence-corrected chi connectivity index (χ3v) is 3.60. The van der Waals surface area contributed by atoms with Crippen molar-refractivity contribution in [2.45, 2.75) is 6.54 Å². The molecule has 0 fully saturated rings. The molecule has 0 radical (unpaired) electrons. The maximum absolute atomic E-state index is 13.3. The lowest BCUT2D eigenvalue weighted by Gasteiger charge is -2.09. The van der Waals surface area contributed by atoms with Gasteiger partial charge in [0, 0.05) is 21.7 Å². The first kappa shape index (κ1) is 13.7. The Bertz CT molecular complexity index is 575. The van der Waals surface area contributed by atoms with Crippen LogP contribution in [0.1, 0.15) is 5.56 Å². The Balaban J connectivity index is 2.09. The largest absolute Gasteiger partial charge is 0.380 e. The second kappa shape index (κ2) is 5.91. The first-order valence-electron chi connectivity index (χ1n) is 5.19. The fourth-order valence-corrected chi connectivity index (χ4v) is 2.42. The van der Waals surface area contributed by atoms with Crippen molar-refractivity contribution in [2.24, 2.45) is 0 Å². The van der Waals surface area contributed by atoms with E-state index in [1.807, 2.05) is 6.07 Å². The zero-order chi connectivity index (χ0) is 13.1. The summed E-state index contributed by atoms with van der Waals surface area (Å²) in [5.74, 6) is -0.411. The molecule has 0 atom stereocenters. The average molecular weight is 349 g/mol. The second-order valence-corrected chi connectivity index (χ2v) is 5.42. The summed E-state index contributed by atoms with van der Waals surface area (Å²) in [5, 5.41) is 3.98. The fourth-order valence-electron chi connectivity index (χ4n) is 1.48. The molecule has 0 heterocycles. The predicted molar refractivity (Wildman–Crippen MR) is 77.9 cm³/mol. The van der Waals surface area contributed by atoms with Crippen molar-refractivity contribution in [1.82, 2.24) is 0 Å². The maximum atomic E-state index is 13.3. The van der Waals surface area contributed by atoms with Gasteiger partial charge in [-0.3, -0.25) is 0 Å². The van der Waals surface area contributed by atoms with Crippen molar-refractivity contribution < 1.29 is 4.39 Å². The lowest BCUT2D eigenvalue weighted by Crippen LogP contribution is -2.00. The summed E-state index contributed by atoms with van der Waals surface area (Å²) < 4.78 is 14.1. The normalized spacial score (nSPS) is 10.4. The molecule has 94 valence electrons.